The van der Waals surface area contributed by atoms with E-state index in [0.717, 1.165) is 113 Å². The molecular weight excluding hydrogens is 702 g/mol. The molecule has 55 heavy (non-hydrogen) atoms. The minimum atomic E-state index is -0.831. The summed E-state index contributed by atoms with van der Waals surface area (Å²) in [5.74, 6) is 1.17. The maximum atomic E-state index is 13.0. The van der Waals surface area contributed by atoms with Crippen LogP contribution in [0.5, 0.6) is 0 Å². The van der Waals surface area contributed by atoms with E-state index in [-0.39, 0.29) is 36.3 Å². The van der Waals surface area contributed by atoms with Gasteiger partial charge in [-0.1, -0.05) is 6.07 Å². The van der Waals surface area contributed by atoms with Gasteiger partial charge in [0.1, 0.15) is 17.9 Å². The van der Waals surface area contributed by atoms with Gasteiger partial charge in [-0.3, -0.25) is 28.4 Å². The van der Waals surface area contributed by atoms with Crippen LogP contribution in [0, 0.1) is 0 Å². The molecule has 1 aromatic carbocycles. The third-order valence-corrected chi connectivity index (χ3v) is 12.2. The fourth-order valence-electron chi connectivity index (χ4n) is 9.09. The number of rotatable bonds is 12. The first-order chi connectivity index (χ1) is 26.8. The molecule has 0 bridgehead atoms. The van der Waals surface area contributed by atoms with Crippen LogP contribution in [-0.4, -0.2) is 122 Å². The number of ether oxygens (including phenoxy) is 2. The van der Waals surface area contributed by atoms with Crippen LogP contribution in [0.15, 0.2) is 41.6 Å². The highest BCUT2D eigenvalue weighted by molar-refractivity contribution is 5.96. The molecule has 2 N–H and O–H groups in total. The Labute approximate surface area is 320 Å². The number of amides is 2. The monoisotopic (exact) mass is 755 g/mol. The molecule has 1 saturated carbocycles. The molecule has 4 aromatic rings. The van der Waals surface area contributed by atoms with Crippen LogP contribution in [0.2, 0.25) is 0 Å². The van der Waals surface area contributed by atoms with Crippen LogP contribution in [0.25, 0.3) is 16.6 Å². The number of carbonyl (C=O) groups is 3. The van der Waals surface area contributed by atoms with Crippen molar-refractivity contribution in [2.45, 2.75) is 88.3 Å². The molecule has 2 amide bonds. The third kappa shape index (κ3) is 8.05. The predicted molar refractivity (Wildman–Crippen MR) is 206 cm³/mol. The Bertz CT molecular complexity index is 2070. The molecule has 3 saturated heterocycles. The Morgan fingerprint density at radius 2 is 1.78 bits per heavy atom. The summed E-state index contributed by atoms with van der Waals surface area (Å²) < 4.78 is 16.4. The number of aromatic nitrogens is 5. The van der Waals surface area contributed by atoms with E-state index in [1.807, 2.05) is 33.8 Å². The van der Waals surface area contributed by atoms with Gasteiger partial charge in [0.15, 0.2) is 11.6 Å². The smallest absolute Gasteiger partial charge is 0.329 e. The summed E-state index contributed by atoms with van der Waals surface area (Å²) in [6, 6.07) is 8.07. The van der Waals surface area contributed by atoms with Gasteiger partial charge in [0.2, 0.25) is 11.8 Å². The number of aryl methyl sites for hydroxylation is 2. The number of Topliss-reactive ketones (excluding diaryl/α,β-unsaturated/α-hetero) is 1. The number of fused-ring (bicyclic) bond motifs is 2. The van der Waals surface area contributed by atoms with Crippen LogP contribution in [0.3, 0.4) is 0 Å². The van der Waals surface area contributed by atoms with Gasteiger partial charge in [-0.25, -0.2) is 14.3 Å². The first-order valence-electron chi connectivity index (χ1n) is 20.1. The van der Waals surface area contributed by atoms with Crippen molar-refractivity contribution in [3.8, 4) is 0 Å². The molecule has 0 spiro atoms. The molecule has 1 atom stereocenters. The average Bonchev–Trinajstić information content (AvgIpc) is 3.76. The topological polar surface area (TPSA) is 157 Å². The van der Waals surface area contributed by atoms with Crippen LogP contribution >= 0.6 is 0 Å². The molecule has 8 rings (SSSR count). The van der Waals surface area contributed by atoms with E-state index in [1.54, 1.807) is 13.4 Å². The van der Waals surface area contributed by atoms with Crippen molar-refractivity contribution in [1.29, 1.82) is 0 Å². The van der Waals surface area contributed by atoms with E-state index in [9.17, 15) is 19.2 Å². The Kier molecular flexibility index (Phi) is 11.3. The highest BCUT2D eigenvalue weighted by Crippen LogP contribution is 2.34. The van der Waals surface area contributed by atoms with Crippen molar-refractivity contribution in [3.05, 3.63) is 58.4 Å². The number of nitrogens with zero attached hydrogens (tertiary/aromatic N) is 7. The Morgan fingerprint density at radius 1 is 0.982 bits per heavy atom. The van der Waals surface area contributed by atoms with Crippen molar-refractivity contribution in [2.75, 3.05) is 64.5 Å². The second-order valence-electron chi connectivity index (χ2n) is 15.6. The second-order valence-corrected chi connectivity index (χ2v) is 15.6. The predicted octanol–water partition coefficient (Wildman–Crippen LogP) is 2.81. The lowest BCUT2D eigenvalue weighted by atomic mass is 9.89. The zero-order valence-corrected chi connectivity index (χ0v) is 31.8. The standard InChI is InChI=1S/C40H53N9O6/c1-45-34-23-27(4-9-33(34)49(40(45)53)35-24-31(50)25-41-39(35)52)3-2-19-54-22-13-36(51)47-17-15-46(16-18-47)30-7-5-29(6-8-30)44-38-37-32(28-11-20-55-21-12-28)10-14-48(37)43-26-42-38/h4,9-10,14,23,26,28-30,35H,2-3,5-8,11-13,15-22,24-25H2,1H3,(H,41,52)(H,42,43,44). The van der Waals surface area contributed by atoms with E-state index < -0.39 is 6.04 Å². The van der Waals surface area contributed by atoms with Gasteiger partial charge < -0.3 is 25.0 Å². The highest BCUT2D eigenvalue weighted by atomic mass is 16.5. The number of piperidine rings is 1. The van der Waals surface area contributed by atoms with E-state index >= 15 is 0 Å². The van der Waals surface area contributed by atoms with Gasteiger partial charge in [-0.2, -0.15) is 5.10 Å². The summed E-state index contributed by atoms with van der Waals surface area (Å²) in [6.45, 7) is 5.89. The number of ketones is 1. The largest absolute Gasteiger partial charge is 0.381 e. The molecule has 1 unspecified atom stereocenters. The molecular formula is C40H53N9O6. The maximum absolute atomic E-state index is 13.0. The van der Waals surface area contributed by atoms with E-state index in [0.29, 0.717) is 43.2 Å². The molecule has 0 radical (unpaired) electrons. The maximum Gasteiger partial charge on any atom is 0.329 e. The number of benzene rings is 1. The van der Waals surface area contributed by atoms with E-state index in [2.05, 4.69) is 31.7 Å². The number of hydrogen-bond acceptors (Lipinski definition) is 10. The lowest BCUT2D eigenvalue weighted by Crippen LogP contribution is -2.53. The average molecular weight is 756 g/mol. The second kappa shape index (κ2) is 16.6. The minimum absolute atomic E-state index is 0.0104. The van der Waals surface area contributed by atoms with Gasteiger partial charge in [0.05, 0.1) is 30.6 Å². The summed E-state index contributed by atoms with van der Waals surface area (Å²) in [5, 5.41) is 10.8. The minimum Gasteiger partial charge on any atom is -0.381 e. The molecule has 4 aliphatic rings. The van der Waals surface area contributed by atoms with Crippen molar-refractivity contribution in [3.63, 3.8) is 0 Å². The first kappa shape index (κ1) is 37.3. The normalized spacial score (nSPS) is 23.1. The lowest BCUT2D eigenvalue weighted by Gasteiger charge is -2.42. The van der Waals surface area contributed by atoms with Gasteiger partial charge >= 0.3 is 5.69 Å². The van der Waals surface area contributed by atoms with Gasteiger partial charge in [0.25, 0.3) is 0 Å². The summed E-state index contributed by atoms with van der Waals surface area (Å²) in [7, 11) is 1.68. The van der Waals surface area contributed by atoms with Gasteiger partial charge in [-0.15, -0.1) is 0 Å². The van der Waals surface area contributed by atoms with Crippen LogP contribution in [-0.2, 0) is 37.3 Å². The Balaban J connectivity index is 0.737. The lowest BCUT2D eigenvalue weighted by molar-refractivity contribution is -0.134. The zero-order chi connectivity index (χ0) is 37.9. The quantitative estimate of drug-likeness (QED) is 0.206. The summed E-state index contributed by atoms with van der Waals surface area (Å²) in [6.07, 6.45) is 12.1. The number of nitrogens with one attached hydrogen (secondary N) is 2. The fraction of sp³-hybridized carbons (Fsp3) is 0.600. The number of piperazine rings is 1. The molecule has 3 aliphatic heterocycles. The molecule has 3 aromatic heterocycles. The SMILES string of the molecule is Cn1c(=O)n(C2CC(=O)CNC2=O)c2ccc(CCCOCCC(=O)N3CCN(C4CCC(Nc5ncnn6ccc(C7CCOCC7)c56)CC4)CC3)cc21. The van der Waals surface area contributed by atoms with Crippen LogP contribution in [0.4, 0.5) is 5.82 Å². The number of carbonyl (C=O) groups excluding carboxylic acids is 3. The highest BCUT2D eigenvalue weighted by Gasteiger charge is 2.33. The van der Waals surface area contributed by atoms with Crippen molar-refractivity contribution in [2.24, 2.45) is 7.05 Å². The van der Waals surface area contributed by atoms with Gasteiger partial charge in [0, 0.05) is 77.7 Å². The Morgan fingerprint density at radius 3 is 2.58 bits per heavy atom. The molecule has 6 heterocycles. The summed E-state index contributed by atoms with van der Waals surface area (Å²) in [5.41, 5.74) is 4.53. The number of imidazole rings is 1. The first-order valence-corrected chi connectivity index (χ1v) is 20.1. The zero-order valence-electron chi connectivity index (χ0n) is 31.8. The van der Waals surface area contributed by atoms with Crippen LogP contribution in [0.1, 0.15) is 80.9 Å². The van der Waals surface area contributed by atoms with Gasteiger partial charge in [-0.05, 0) is 86.6 Å². The fourth-order valence-corrected chi connectivity index (χ4v) is 9.09. The van der Waals surface area contributed by atoms with Crippen molar-refractivity contribution in [1.82, 2.24) is 38.8 Å². The number of hydrogen-bond donors (Lipinski definition) is 2. The number of anilines is 1. The van der Waals surface area contributed by atoms with E-state index in [1.165, 1.54) is 14.7 Å². The van der Waals surface area contributed by atoms with Crippen molar-refractivity contribution >= 4 is 40.0 Å². The summed E-state index contributed by atoms with van der Waals surface area (Å²) in [4.78, 5) is 59.8. The molecule has 15 heteroatoms. The molecule has 294 valence electrons. The third-order valence-electron chi connectivity index (χ3n) is 12.2. The van der Waals surface area contributed by atoms with Crippen molar-refractivity contribution < 1.29 is 23.9 Å². The molecule has 4 fully saturated rings. The van der Waals surface area contributed by atoms with Crippen LogP contribution < -0.4 is 16.3 Å². The van der Waals surface area contributed by atoms with E-state index in [4.69, 9.17) is 9.47 Å². The summed E-state index contributed by atoms with van der Waals surface area (Å²) >= 11 is 0. The molecule has 1 aliphatic carbocycles. The Hall–Kier alpha value is -4.60. The molecule has 15 nitrogen and oxygen atoms in total.